The zero-order valence-electron chi connectivity index (χ0n) is 12.4. The minimum Gasteiger partial charge on any atom is -0.399 e. The molecule has 0 radical (unpaired) electrons. The number of carbonyl (C=O) groups excluding carboxylic acids is 1. The Morgan fingerprint density at radius 3 is 2.90 bits per heavy atom. The average Bonchev–Trinajstić information content (AvgIpc) is 2.47. The first-order chi connectivity index (χ1) is 9.63. The van der Waals surface area contributed by atoms with Crippen LogP contribution in [0.2, 0.25) is 0 Å². The van der Waals surface area contributed by atoms with Crippen LogP contribution in [0.15, 0.2) is 18.2 Å². The van der Waals surface area contributed by atoms with Gasteiger partial charge >= 0.3 is 0 Å². The van der Waals surface area contributed by atoms with E-state index in [1.807, 2.05) is 6.07 Å². The number of nitrogens with one attached hydrogen (secondary N) is 2. The summed E-state index contributed by atoms with van der Waals surface area (Å²) in [4.78, 5) is 11.9. The first-order valence-electron chi connectivity index (χ1n) is 7.52. The lowest BCUT2D eigenvalue weighted by Gasteiger charge is -2.30. The van der Waals surface area contributed by atoms with E-state index in [-0.39, 0.29) is 5.91 Å². The molecule has 1 aliphatic carbocycles. The van der Waals surface area contributed by atoms with E-state index in [1.165, 1.54) is 32.1 Å². The van der Waals surface area contributed by atoms with Crippen molar-refractivity contribution in [3.63, 3.8) is 0 Å². The second-order valence-corrected chi connectivity index (χ2v) is 5.67. The van der Waals surface area contributed by atoms with E-state index in [9.17, 15) is 4.79 Å². The van der Waals surface area contributed by atoms with Gasteiger partial charge in [0.15, 0.2) is 0 Å². The fourth-order valence-corrected chi connectivity index (χ4v) is 3.03. The van der Waals surface area contributed by atoms with E-state index < -0.39 is 0 Å². The summed E-state index contributed by atoms with van der Waals surface area (Å²) >= 11 is 0. The van der Waals surface area contributed by atoms with Crippen LogP contribution >= 0.6 is 0 Å². The first-order valence-corrected chi connectivity index (χ1v) is 7.52. The molecular weight excluding hydrogens is 250 g/mol. The highest BCUT2D eigenvalue weighted by Crippen LogP contribution is 2.30. The number of anilines is 2. The lowest BCUT2D eigenvalue weighted by molar-refractivity contribution is 0.0964. The normalized spacial score (nSPS) is 22.3. The molecule has 0 spiro atoms. The number of nitrogen functional groups attached to an aromatic ring is 1. The number of nitrogens with two attached hydrogens (primary N) is 1. The maximum absolute atomic E-state index is 11.9. The summed E-state index contributed by atoms with van der Waals surface area (Å²) in [5, 5.41) is 6.21. The predicted molar refractivity (Wildman–Crippen MR) is 83.9 cm³/mol. The second kappa shape index (κ2) is 6.64. The Balaban J connectivity index is 2.15. The zero-order valence-corrected chi connectivity index (χ0v) is 12.4. The molecule has 4 N–H and O–H groups in total. The molecule has 1 aliphatic rings. The SMILES string of the molecule is CCC1CCCC(Nc2cc(N)ccc2C(=O)NC)C1. The number of hydrogen-bond acceptors (Lipinski definition) is 3. The average molecular weight is 275 g/mol. The van der Waals surface area contributed by atoms with Crippen molar-refractivity contribution in [3.8, 4) is 0 Å². The molecule has 1 amide bonds. The third kappa shape index (κ3) is 3.44. The van der Waals surface area contributed by atoms with Gasteiger partial charge in [0.25, 0.3) is 5.91 Å². The van der Waals surface area contributed by atoms with Crippen molar-refractivity contribution in [1.82, 2.24) is 5.32 Å². The Bertz CT molecular complexity index is 473. The van der Waals surface area contributed by atoms with Crippen LogP contribution in [0.5, 0.6) is 0 Å². The van der Waals surface area contributed by atoms with E-state index in [0.717, 1.165) is 11.6 Å². The van der Waals surface area contributed by atoms with Crippen LogP contribution in [0.4, 0.5) is 11.4 Å². The number of rotatable bonds is 4. The molecule has 1 aromatic rings. The van der Waals surface area contributed by atoms with Crippen LogP contribution in [0.1, 0.15) is 49.4 Å². The fourth-order valence-electron chi connectivity index (χ4n) is 3.03. The number of amides is 1. The topological polar surface area (TPSA) is 67.1 Å². The summed E-state index contributed by atoms with van der Waals surface area (Å²) in [7, 11) is 1.65. The summed E-state index contributed by atoms with van der Waals surface area (Å²) in [6.45, 7) is 2.25. The van der Waals surface area contributed by atoms with Crippen LogP contribution in [-0.2, 0) is 0 Å². The van der Waals surface area contributed by atoms with Gasteiger partial charge in [0.1, 0.15) is 0 Å². The number of carbonyl (C=O) groups is 1. The minimum absolute atomic E-state index is 0.0737. The lowest BCUT2D eigenvalue weighted by Crippen LogP contribution is -2.29. The van der Waals surface area contributed by atoms with Crippen LogP contribution in [0, 0.1) is 5.92 Å². The largest absolute Gasteiger partial charge is 0.399 e. The summed E-state index contributed by atoms with van der Waals surface area (Å²) < 4.78 is 0. The summed E-state index contributed by atoms with van der Waals surface area (Å²) in [6.07, 6.45) is 6.16. The predicted octanol–water partition coefficient (Wildman–Crippen LogP) is 3.01. The van der Waals surface area contributed by atoms with E-state index >= 15 is 0 Å². The van der Waals surface area contributed by atoms with Gasteiger partial charge in [0, 0.05) is 24.5 Å². The molecule has 4 nitrogen and oxygen atoms in total. The van der Waals surface area contributed by atoms with Crippen molar-refractivity contribution >= 4 is 17.3 Å². The van der Waals surface area contributed by atoms with E-state index in [2.05, 4.69) is 17.6 Å². The lowest BCUT2D eigenvalue weighted by atomic mass is 9.84. The molecule has 2 unspecified atom stereocenters. The quantitative estimate of drug-likeness (QED) is 0.740. The van der Waals surface area contributed by atoms with Crippen molar-refractivity contribution in [3.05, 3.63) is 23.8 Å². The maximum atomic E-state index is 11.9. The first kappa shape index (κ1) is 14.7. The van der Waals surface area contributed by atoms with Crippen LogP contribution < -0.4 is 16.4 Å². The van der Waals surface area contributed by atoms with Crippen LogP contribution in [0.25, 0.3) is 0 Å². The highest BCUT2D eigenvalue weighted by atomic mass is 16.1. The van der Waals surface area contributed by atoms with E-state index in [1.54, 1.807) is 19.2 Å². The highest BCUT2D eigenvalue weighted by Gasteiger charge is 2.22. The minimum atomic E-state index is -0.0737. The highest BCUT2D eigenvalue weighted by molar-refractivity contribution is 6.00. The van der Waals surface area contributed by atoms with Crippen LogP contribution in [0.3, 0.4) is 0 Å². The molecule has 110 valence electrons. The second-order valence-electron chi connectivity index (χ2n) is 5.67. The van der Waals surface area contributed by atoms with Crippen molar-refractivity contribution in [2.24, 2.45) is 5.92 Å². The molecule has 1 saturated carbocycles. The molecule has 1 aromatic carbocycles. The molecule has 0 aliphatic heterocycles. The molecule has 0 aromatic heterocycles. The van der Waals surface area contributed by atoms with Crippen molar-refractivity contribution in [2.75, 3.05) is 18.1 Å². The molecular formula is C16H25N3O. The van der Waals surface area contributed by atoms with E-state index in [4.69, 9.17) is 5.73 Å². The number of benzene rings is 1. The van der Waals surface area contributed by atoms with Crippen LogP contribution in [-0.4, -0.2) is 19.0 Å². The van der Waals surface area contributed by atoms with Crippen molar-refractivity contribution < 1.29 is 4.79 Å². The van der Waals surface area contributed by atoms with E-state index in [0.29, 0.717) is 17.3 Å². The molecule has 0 bridgehead atoms. The number of hydrogen-bond donors (Lipinski definition) is 3. The summed E-state index contributed by atoms with van der Waals surface area (Å²) in [6, 6.07) is 5.86. The van der Waals surface area contributed by atoms with Gasteiger partial charge < -0.3 is 16.4 Å². The van der Waals surface area contributed by atoms with Gasteiger partial charge in [-0.1, -0.05) is 26.2 Å². The monoisotopic (exact) mass is 275 g/mol. The van der Waals surface area contributed by atoms with Gasteiger partial charge in [-0.15, -0.1) is 0 Å². The summed E-state index contributed by atoms with van der Waals surface area (Å²) in [5.74, 6) is 0.723. The molecule has 0 heterocycles. The van der Waals surface area contributed by atoms with Crippen molar-refractivity contribution in [1.29, 1.82) is 0 Å². The van der Waals surface area contributed by atoms with Gasteiger partial charge in [0.05, 0.1) is 5.56 Å². The van der Waals surface area contributed by atoms with Gasteiger partial charge in [-0.3, -0.25) is 4.79 Å². The maximum Gasteiger partial charge on any atom is 0.253 e. The van der Waals surface area contributed by atoms with Gasteiger partial charge in [-0.25, -0.2) is 0 Å². The van der Waals surface area contributed by atoms with Crippen molar-refractivity contribution in [2.45, 2.75) is 45.1 Å². The molecule has 0 saturated heterocycles. The molecule has 4 heteroatoms. The molecule has 2 atom stereocenters. The Morgan fingerprint density at radius 1 is 1.40 bits per heavy atom. The standard InChI is InChI=1S/C16H25N3O/c1-3-11-5-4-6-13(9-11)19-15-10-12(17)7-8-14(15)16(20)18-2/h7-8,10-11,13,19H,3-6,9,17H2,1-2H3,(H,18,20). The smallest absolute Gasteiger partial charge is 0.253 e. The third-order valence-corrected chi connectivity index (χ3v) is 4.24. The van der Waals surface area contributed by atoms with Gasteiger partial charge in [0.2, 0.25) is 0 Å². The third-order valence-electron chi connectivity index (χ3n) is 4.24. The Labute approximate surface area is 121 Å². The molecule has 1 fully saturated rings. The fraction of sp³-hybridized carbons (Fsp3) is 0.562. The Morgan fingerprint density at radius 2 is 2.20 bits per heavy atom. The molecule has 20 heavy (non-hydrogen) atoms. The zero-order chi connectivity index (χ0) is 14.5. The summed E-state index contributed by atoms with van der Waals surface area (Å²) in [5.41, 5.74) is 8.06. The van der Waals surface area contributed by atoms with Gasteiger partial charge in [-0.2, -0.15) is 0 Å². The Kier molecular flexibility index (Phi) is 4.88. The Hall–Kier alpha value is -1.71. The molecule has 2 rings (SSSR count). The van der Waals surface area contributed by atoms with Gasteiger partial charge in [-0.05, 0) is 37.0 Å².